The topological polar surface area (TPSA) is 0 Å². The lowest BCUT2D eigenvalue weighted by atomic mass is 10.1. The van der Waals surface area contributed by atoms with Crippen LogP contribution < -0.4 is 0 Å². The van der Waals surface area contributed by atoms with E-state index in [0.717, 1.165) is 0 Å². The zero-order valence-corrected chi connectivity index (χ0v) is 11.1. The summed E-state index contributed by atoms with van der Waals surface area (Å²) < 4.78 is 0. The molecule has 0 aliphatic rings. The predicted molar refractivity (Wildman–Crippen MR) is 68.3 cm³/mol. The molecule has 0 radical (unpaired) electrons. The van der Waals surface area contributed by atoms with Gasteiger partial charge in [0.05, 0.1) is 0 Å². The maximum atomic E-state index is 2.27. The molecule has 0 rings (SSSR count). The first kappa shape index (κ1) is 15.2. The molecule has 0 aromatic rings. The van der Waals surface area contributed by atoms with Crippen molar-refractivity contribution in [3.63, 3.8) is 0 Å². The average Bonchev–Trinajstić information content (AvgIpc) is 2.03. The van der Waals surface area contributed by atoms with Gasteiger partial charge in [-0.15, -0.1) is 24.0 Å². The highest BCUT2D eigenvalue weighted by molar-refractivity contribution is 14.0. The van der Waals surface area contributed by atoms with E-state index in [2.05, 4.69) is 13.8 Å². The fourth-order valence-electron chi connectivity index (χ4n) is 1.38. The molecular formula is C11H25I. The third kappa shape index (κ3) is 13.3. The van der Waals surface area contributed by atoms with E-state index in [-0.39, 0.29) is 24.0 Å². The summed E-state index contributed by atoms with van der Waals surface area (Å²) in [5.41, 5.74) is 0. The van der Waals surface area contributed by atoms with Crippen molar-refractivity contribution in [1.82, 2.24) is 0 Å². The van der Waals surface area contributed by atoms with Gasteiger partial charge in [-0.25, -0.2) is 0 Å². The minimum absolute atomic E-state index is 0. The number of halogens is 1. The molecule has 1 heteroatoms. The van der Waals surface area contributed by atoms with Gasteiger partial charge in [0.2, 0.25) is 0 Å². The molecule has 12 heavy (non-hydrogen) atoms. The van der Waals surface area contributed by atoms with Crippen molar-refractivity contribution in [2.24, 2.45) is 0 Å². The highest BCUT2D eigenvalue weighted by atomic mass is 127. The Balaban J connectivity index is 0. The lowest BCUT2D eigenvalue weighted by Crippen LogP contribution is -1.79. The van der Waals surface area contributed by atoms with Gasteiger partial charge >= 0.3 is 0 Å². The summed E-state index contributed by atoms with van der Waals surface area (Å²) >= 11 is 0. The lowest BCUT2D eigenvalue weighted by Gasteiger charge is -1.98. The lowest BCUT2D eigenvalue weighted by molar-refractivity contribution is 0.572. The molecule has 0 amide bonds. The van der Waals surface area contributed by atoms with Crippen molar-refractivity contribution in [1.29, 1.82) is 0 Å². The number of hydrogen-bond donors (Lipinski definition) is 0. The highest BCUT2D eigenvalue weighted by Crippen LogP contribution is 2.08. The summed E-state index contributed by atoms with van der Waals surface area (Å²) in [5, 5.41) is 0. The van der Waals surface area contributed by atoms with Crippen LogP contribution >= 0.6 is 24.0 Å². The normalized spacial score (nSPS) is 9.50. The van der Waals surface area contributed by atoms with Crippen molar-refractivity contribution in [3.05, 3.63) is 0 Å². The average molecular weight is 284 g/mol. The molecule has 0 saturated carbocycles. The van der Waals surface area contributed by atoms with Gasteiger partial charge in [0.15, 0.2) is 0 Å². The maximum Gasteiger partial charge on any atom is -0.0533 e. The SMILES string of the molecule is CCCCCCCCCCC.I. The zero-order chi connectivity index (χ0) is 8.36. The van der Waals surface area contributed by atoms with E-state index in [0.29, 0.717) is 0 Å². The van der Waals surface area contributed by atoms with Gasteiger partial charge in [0.1, 0.15) is 0 Å². The summed E-state index contributed by atoms with van der Waals surface area (Å²) in [6.45, 7) is 4.55. The van der Waals surface area contributed by atoms with Crippen molar-refractivity contribution in [2.45, 2.75) is 71.6 Å². The van der Waals surface area contributed by atoms with Crippen molar-refractivity contribution < 1.29 is 0 Å². The molecule has 0 fully saturated rings. The van der Waals surface area contributed by atoms with Crippen LogP contribution in [0.5, 0.6) is 0 Å². The molecule has 0 aliphatic heterocycles. The summed E-state index contributed by atoms with van der Waals surface area (Å²) in [6, 6.07) is 0. The largest absolute Gasteiger partial charge is 0.107 e. The predicted octanol–water partition coefficient (Wildman–Crippen LogP) is 5.16. The first-order valence-corrected chi connectivity index (χ1v) is 5.41. The second-order valence-corrected chi connectivity index (χ2v) is 3.47. The Hall–Kier alpha value is 0.730. The van der Waals surface area contributed by atoms with E-state index in [1.54, 1.807) is 0 Å². The molecule has 0 spiro atoms. The summed E-state index contributed by atoms with van der Waals surface area (Å²) in [5.74, 6) is 0. The molecule has 0 bridgehead atoms. The molecule has 0 unspecified atom stereocenters. The van der Waals surface area contributed by atoms with E-state index >= 15 is 0 Å². The molecule has 0 aromatic heterocycles. The van der Waals surface area contributed by atoms with Crippen LogP contribution in [-0.4, -0.2) is 0 Å². The molecule has 0 nitrogen and oxygen atoms in total. The van der Waals surface area contributed by atoms with E-state index in [1.165, 1.54) is 57.8 Å². The zero-order valence-electron chi connectivity index (χ0n) is 8.77. The van der Waals surface area contributed by atoms with E-state index in [9.17, 15) is 0 Å². The molecule has 0 atom stereocenters. The Morgan fingerprint density at radius 1 is 0.500 bits per heavy atom. The van der Waals surface area contributed by atoms with Gasteiger partial charge in [-0.1, -0.05) is 71.6 Å². The fraction of sp³-hybridized carbons (Fsp3) is 1.00. The van der Waals surface area contributed by atoms with Crippen LogP contribution in [0.1, 0.15) is 71.6 Å². The van der Waals surface area contributed by atoms with Gasteiger partial charge in [0.25, 0.3) is 0 Å². The Morgan fingerprint density at radius 3 is 1.00 bits per heavy atom. The van der Waals surface area contributed by atoms with Gasteiger partial charge in [0, 0.05) is 0 Å². The standard InChI is InChI=1S/C11H24.HI/c1-3-5-7-9-11-10-8-6-4-2;/h3-11H2,1-2H3;1H. The van der Waals surface area contributed by atoms with Crippen LogP contribution in [0, 0.1) is 0 Å². The molecule has 0 aliphatic carbocycles. The number of unbranched alkanes of at least 4 members (excludes halogenated alkanes) is 8. The monoisotopic (exact) mass is 284 g/mol. The molecular weight excluding hydrogens is 259 g/mol. The van der Waals surface area contributed by atoms with Crippen LogP contribution in [0.2, 0.25) is 0 Å². The summed E-state index contributed by atoms with van der Waals surface area (Å²) in [4.78, 5) is 0. The van der Waals surface area contributed by atoms with Crippen LogP contribution in [-0.2, 0) is 0 Å². The Labute approximate surface area is 95.5 Å². The Kier molecular flexibility index (Phi) is 18.1. The maximum absolute atomic E-state index is 2.27. The van der Waals surface area contributed by atoms with Gasteiger partial charge < -0.3 is 0 Å². The second-order valence-electron chi connectivity index (χ2n) is 3.47. The van der Waals surface area contributed by atoms with E-state index < -0.39 is 0 Å². The van der Waals surface area contributed by atoms with Crippen molar-refractivity contribution in [2.75, 3.05) is 0 Å². The van der Waals surface area contributed by atoms with Crippen molar-refractivity contribution in [3.8, 4) is 0 Å². The van der Waals surface area contributed by atoms with Crippen molar-refractivity contribution >= 4 is 24.0 Å². The molecule has 0 N–H and O–H groups in total. The number of hydrogen-bond acceptors (Lipinski definition) is 0. The van der Waals surface area contributed by atoms with Gasteiger partial charge in [-0.05, 0) is 0 Å². The second kappa shape index (κ2) is 14.3. The van der Waals surface area contributed by atoms with Gasteiger partial charge in [-0.3, -0.25) is 0 Å². The Morgan fingerprint density at radius 2 is 0.750 bits per heavy atom. The summed E-state index contributed by atoms with van der Waals surface area (Å²) in [6.07, 6.45) is 13.0. The van der Waals surface area contributed by atoms with Crippen LogP contribution in [0.25, 0.3) is 0 Å². The molecule has 0 saturated heterocycles. The molecule has 76 valence electrons. The third-order valence-electron chi connectivity index (χ3n) is 2.21. The van der Waals surface area contributed by atoms with E-state index in [4.69, 9.17) is 0 Å². The minimum atomic E-state index is 0. The fourth-order valence-corrected chi connectivity index (χ4v) is 1.38. The van der Waals surface area contributed by atoms with Gasteiger partial charge in [-0.2, -0.15) is 0 Å². The molecule has 0 heterocycles. The van der Waals surface area contributed by atoms with Crippen LogP contribution in [0.4, 0.5) is 0 Å². The van der Waals surface area contributed by atoms with Crippen LogP contribution in [0.3, 0.4) is 0 Å². The minimum Gasteiger partial charge on any atom is -0.107 e. The smallest absolute Gasteiger partial charge is 0.0533 e. The number of rotatable bonds is 8. The molecule has 0 aromatic carbocycles. The first-order chi connectivity index (χ1) is 5.41. The Bertz CT molecular complexity index is 54.0. The van der Waals surface area contributed by atoms with Crippen LogP contribution in [0.15, 0.2) is 0 Å². The third-order valence-corrected chi connectivity index (χ3v) is 2.21. The summed E-state index contributed by atoms with van der Waals surface area (Å²) in [7, 11) is 0. The quantitative estimate of drug-likeness (QED) is 0.427. The van der Waals surface area contributed by atoms with E-state index in [1.807, 2.05) is 0 Å². The highest BCUT2D eigenvalue weighted by Gasteiger charge is 1.88. The first-order valence-electron chi connectivity index (χ1n) is 5.41.